The number of carbonyl (C=O) groups is 1. The van der Waals surface area contributed by atoms with Crippen molar-refractivity contribution < 1.29 is 14.8 Å². The summed E-state index contributed by atoms with van der Waals surface area (Å²) in [6.07, 6.45) is 0.483. The summed E-state index contributed by atoms with van der Waals surface area (Å²) in [5, 5.41) is 22.9. The number of nitrogens with one attached hydrogen (secondary N) is 1. The van der Waals surface area contributed by atoms with Gasteiger partial charge in [0, 0.05) is 12.6 Å². The van der Waals surface area contributed by atoms with Gasteiger partial charge in [0.15, 0.2) is 5.69 Å². The zero-order valence-corrected chi connectivity index (χ0v) is 10.8. The number of para-hydroxylation sites is 1. The van der Waals surface area contributed by atoms with Crippen LogP contribution in [-0.4, -0.2) is 22.5 Å². The van der Waals surface area contributed by atoms with Crippen molar-refractivity contribution in [2.45, 2.75) is 20.3 Å². The lowest BCUT2D eigenvalue weighted by atomic mass is 9.86. The first kappa shape index (κ1) is 14.9. The number of phenolic OH excluding ortho intramolecular Hbond substituents is 1. The van der Waals surface area contributed by atoms with Crippen LogP contribution in [0.1, 0.15) is 20.3 Å². The van der Waals surface area contributed by atoms with E-state index in [0.29, 0.717) is 6.42 Å². The monoisotopic (exact) mass is 267 g/mol. The molecular weight excluding hydrogens is 250 g/mol. The average molecular weight is 267 g/mol. The van der Waals surface area contributed by atoms with E-state index in [9.17, 15) is 20.0 Å². The number of nitro benzene ring substituents is 1. The van der Waals surface area contributed by atoms with E-state index in [2.05, 4.69) is 5.32 Å². The number of anilines is 1. The molecule has 104 valence electrons. The van der Waals surface area contributed by atoms with Gasteiger partial charge in [-0.05, 0) is 19.4 Å². The number of carbonyl (C=O) groups excluding carboxylic acids is 1. The Balaban J connectivity index is 3.13. The third kappa shape index (κ3) is 3.00. The van der Waals surface area contributed by atoms with Gasteiger partial charge in [-0.25, -0.2) is 0 Å². The minimum Gasteiger partial charge on any atom is -0.505 e. The largest absolute Gasteiger partial charge is 0.505 e. The highest BCUT2D eigenvalue weighted by molar-refractivity contribution is 5.98. The minimum atomic E-state index is -0.837. The lowest BCUT2D eigenvalue weighted by molar-refractivity contribution is -0.384. The normalized spacial score (nSPS) is 13.6. The van der Waals surface area contributed by atoms with E-state index in [1.165, 1.54) is 18.2 Å². The van der Waals surface area contributed by atoms with Crippen LogP contribution < -0.4 is 11.1 Å². The average Bonchev–Trinajstić information content (AvgIpc) is 2.39. The van der Waals surface area contributed by atoms with Crippen LogP contribution in [0.4, 0.5) is 11.4 Å². The minimum absolute atomic E-state index is 0.108. The Morgan fingerprint density at radius 3 is 2.68 bits per heavy atom. The molecule has 1 atom stereocenters. The highest BCUT2D eigenvalue weighted by atomic mass is 16.6. The van der Waals surface area contributed by atoms with Crippen LogP contribution in [0.2, 0.25) is 0 Å². The second-order valence-corrected chi connectivity index (χ2v) is 4.50. The zero-order valence-electron chi connectivity index (χ0n) is 10.8. The maximum Gasteiger partial charge on any atom is 0.296 e. The molecule has 1 unspecified atom stereocenters. The predicted molar refractivity (Wildman–Crippen MR) is 70.8 cm³/mol. The fourth-order valence-corrected chi connectivity index (χ4v) is 1.47. The molecule has 0 saturated heterocycles. The van der Waals surface area contributed by atoms with Crippen LogP contribution in [0.25, 0.3) is 0 Å². The Hall–Kier alpha value is -2.15. The van der Waals surface area contributed by atoms with Crippen molar-refractivity contribution in [3.05, 3.63) is 28.3 Å². The fourth-order valence-electron chi connectivity index (χ4n) is 1.47. The van der Waals surface area contributed by atoms with Crippen LogP contribution in [0.5, 0.6) is 5.75 Å². The van der Waals surface area contributed by atoms with Gasteiger partial charge in [-0.15, -0.1) is 0 Å². The molecule has 0 aliphatic carbocycles. The summed E-state index contributed by atoms with van der Waals surface area (Å²) < 4.78 is 0. The molecule has 1 aromatic carbocycles. The molecule has 7 nitrogen and oxygen atoms in total. The molecule has 1 rings (SSSR count). The van der Waals surface area contributed by atoms with Crippen molar-refractivity contribution in [1.29, 1.82) is 0 Å². The number of phenols is 1. The molecule has 0 saturated carbocycles. The van der Waals surface area contributed by atoms with E-state index in [-0.39, 0.29) is 23.7 Å². The molecule has 1 amide bonds. The van der Waals surface area contributed by atoms with Crippen molar-refractivity contribution in [2.24, 2.45) is 11.1 Å². The van der Waals surface area contributed by atoms with Crippen molar-refractivity contribution in [3.63, 3.8) is 0 Å². The van der Waals surface area contributed by atoms with Crippen molar-refractivity contribution in [1.82, 2.24) is 0 Å². The van der Waals surface area contributed by atoms with Crippen LogP contribution in [-0.2, 0) is 4.79 Å². The molecule has 7 heteroatoms. The smallest absolute Gasteiger partial charge is 0.296 e. The number of nitrogens with zero attached hydrogens (tertiary/aromatic N) is 1. The van der Waals surface area contributed by atoms with Gasteiger partial charge in [-0.2, -0.15) is 0 Å². The van der Waals surface area contributed by atoms with Crippen LogP contribution >= 0.6 is 0 Å². The van der Waals surface area contributed by atoms with E-state index in [0.717, 1.165) is 0 Å². The number of benzene rings is 1. The van der Waals surface area contributed by atoms with Gasteiger partial charge in [0.2, 0.25) is 5.91 Å². The molecule has 4 N–H and O–H groups in total. The van der Waals surface area contributed by atoms with Crippen LogP contribution in [0.15, 0.2) is 18.2 Å². The van der Waals surface area contributed by atoms with E-state index in [1.807, 2.05) is 0 Å². The molecule has 1 aromatic rings. The van der Waals surface area contributed by atoms with Crippen molar-refractivity contribution in [3.8, 4) is 5.75 Å². The van der Waals surface area contributed by atoms with Gasteiger partial charge >= 0.3 is 0 Å². The number of hydrogen-bond acceptors (Lipinski definition) is 5. The number of nitro groups is 1. The number of nitrogens with two attached hydrogens (primary N) is 1. The summed E-state index contributed by atoms with van der Waals surface area (Å²) in [5.41, 5.74) is 4.15. The Labute approximate surface area is 110 Å². The summed E-state index contributed by atoms with van der Waals surface area (Å²) >= 11 is 0. The Kier molecular flexibility index (Phi) is 4.44. The second-order valence-electron chi connectivity index (χ2n) is 4.50. The molecule has 0 bridgehead atoms. The molecular formula is C12H17N3O4. The fraction of sp³-hybridized carbons (Fsp3) is 0.417. The Morgan fingerprint density at radius 1 is 1.58 bits per heavy atom. The number of rotatable bonds is 5. The Morgan fingerprint density at radius 2 is 2.21 bits per heavy atom. The molecule has 0 heterocycles. The Bertz CT molecular complexity index is 498. The first-order valence-corrected chi connectivity index (χ1v) is 5.83. The first-order valence-electron chi connectivity index (χ1n) is 5.83. The highest BCUT2D eigenvalue weighted by Gasteiger charge is 2.32. The van der Waals surface area contributed by atoms with Crippen LogP contribution in [0, 0.1) is 15.5 Å². The highest BCUT2D eigenvalue weighted by Crippen LogP contribution is 2.34. The maximum absolute atomic E-state index is 12.1. The summed E-state index contributed by atoms with van der Waals surface area (Å²) in [7, 11) is 0. The molecule has 19 heavy (non-hydrogen) atoms. The second kappa shape index (κ2) is 5.66. The van der Waals surface area contributed by atoms with Crippen molar-refractivity contribution >= 4 is 17.3 Å². The summed E-state index contributed by atoms with van der Waals surface area (Å²) in [4.78, 5) is 22.3. The predicted octanol–water partition coefficient (Wildman–Crippen LogP) is 1.61. The summed E-state index contributed by atoms with van der Waals surface area (Å²) in [5.74, 6) is -0.805. The van der Waals surface area contributed by atoms with E-state index in [1.54, 1.807) is 13.8 Å². The molecule has 0 radical (unpaired) electrons. The van der Waals surface area contributed by atoms with Gasteiger partial charge in [0.05, 0.1) is 10.3 Å². The third-order valence-electron chi connectivity index (χ3n) is 3.23. The zero-order chi connectivity index (χ0) is 14.6. The summed E-state index contributed by atoms with van der Waals surface area (Å²) in [6.45, 7) is 3.57. The molecule has 0 aliphatic rings. The summed E-state index contributed by atoms with van der Waals surface area (Å²) in [6, 6.07) is 3.82. The first-order chi connectivity index (χ1) is 8.85. The van der Waals surface area contributed by atoms with Gasteiger partial charge in [-0.1, -0.05) is 13.0 Å². The van der Waals surface area contributed by atoms with Gasteiger partial charge < -0.3 is 16.2 Å². The maximum atomic E-state index is 12.1. The lowest BCUT2D eigenvalue weighted by Gasteiger charge is -2.24. The molecule has 0 fully saturated rings. The SMILES string of the molecule is CCC(C)(CN)C(=O)Nc1c(O)cccc1[N+](=O)[O-]. The number of amides is 1. The van der Waals surface area contributed by atoms with E-state index in [4.69, 9.17) is 5.73 Å². The topological polar surface area (TPSA) is 118 Å². The number of hydrogen-bond donors (Lipinski definition) is 3. The molecule has 0 aromatic heterocycles. The van der Waals surface area contributed by atoms with Crippen LogP contribution in [0.3, 0.4) is 0 Å². The molecule has 0 aliphatic heterocycles. The quantitative estimate of drug-likeness (QED) is 0.425. The van der Waals surface area contributed by atoms with E-state index < -0.39 is 16.2 Å². The number of aromatic hydroxyl groups is 1. The van der Waals surface area contributed by atoms with Gasteiger partial charge in [-0.3, -0.25) is 14.9 Å². The van der Waals surface area contributed by atoms with Gasteiger partial charge in [0.1, 0.15) is 5.75 Å². The van der Waals surface area contributed by atoms with Crippen molar-refractivity contribution in [2.75, 3.05) is 11.9 Å². The molecule has 0 spiro atoms. The standard InChI is InChI=1S/C12H17N3O4/c1-3-12(2,7-13)11(17)14-10-8(15(18)19)5-4-6-9(10)16/h4-6,16H,3,7,13H2,1-2H3,(H,14,17). The van der Waals surface area contributed by atoms with Gasteiger partial charge in [0.25, 0.3) is 5.69 Å². The van der Waals surface area contributed by atoms with E-state index >= 15 is 0 Å². The third-order valence-corrected chi connectivity index (χ3v) is 3.23. The lowest BCUT2D eigenvalue weighted by Crippen LogP contribution is -2.39.